The zero-order valence-corrected chi connectivity index (χ0v) is 16.2. The van der Waals surface area contributed by atoms with Gasteiger partial charge in [0, 0.05) is 52.6 Å². The van der Waals surface area contributed by atoms with E-state index in [1.807, 2.05) is 26.4 Å². The summed E-state index contributed by atoms with van der Waals surface area (Å²) < 4.78 is 7.27. The normalized spacial score (nSPS) is 25.9. The highest BCUT2D eigenvalue weighted by Crippen LogP contribution is 2.45. The second-order valence-electron chi connectivity index (χ2n) is 8.72. The molecule has 0 radical (unpaired) electrons. The van der Waals surface area contributed by atoms with Crippen LogP contribution < -0.4 is 0 Å². The van der Waals surface area contributed by atoms with Crippen molar-refractivity contribution < 1.29 is 9.53 Å². The Morgan fingerprint density at radius 3 is 2.73 bits per heavy atom. The van der Waals surface area contributed by atoms with Crippen molar-refractivity contribution in [2.45, 2.75) is 44.6 Å². The van der Waals surface area contributed by atoms with Gasteiger partial charge in [-0.05, 0) is 49.5 Å². The second kappa shape index (κ2) is 7.31. The molecule has 1 atom stereocenters. The number of piperidine rings is 1. The van der Waals surface area contributed by atoms with E-state index in [-0.39, 0.29) is 5.91 Å². The van der Waals surface area contributed by atoms with Gasteiger partial charge in [0.15, 0.2) is 0 Å². The number of hydrogen-bond donors (Lipinski definition) is 0. The van der Waals surface area contributed by atoms with Crippen LogP contribution in [0.15, 0.2) is 12.3 Å². The van der Waals surface area contributed by atoms with Crippen LogP contribution in [-0.4, -0.2) is 71.4 Å². The fourth-order valence-corrected chi connectivity index (χ4v) is 4.87. The Morgan fingerprint density at radius 2 is 2.12 bits per heavy atom. The summed E-state index contributed by atoms with van der Waals surface area (Å²) in [4.78, 5) is 17.3. The average Bonchev–Trinajstić information content (AvgIpc) is 3.25. The summed E-state index contributed by atoms with van der Waals surface area (Å²) in [5.74, 6) is 1.14. The predicted octanol–water partition coefficient (Wildman–Crippen LogP) is 1.70. The van der Waals surface area contributed by atoms with Crippen LogP contribution >= 0.6 is 0 Å². The molecule has 6 nitrogen and oxygen atoms in total. The zero-order chi connectivity index (χ0) is 18.1. The van der Waals surface area contributed by atoms with Gasteiger partial charge in [-0.3, -0.25) is 14.4 Å². The van der Waals surface area contributed by atoms with Gasteiger partial charge < -0.3 is 9.64 Å². The summed E-state index contributed by atoms with van der Waals surface area (Å²) in [6, 6.07) is 2.50. The summed E-state index contributed by atoms with van der Waals surface area (Å²) in [5, 5.41) is 4.34. The number of rotatable bonds is 6. The summed E-state index contributed by atoms with van der Waals surface area (Å²) in [6.07, 6.45) is 8.61. The summed E-state index contributed by atoms with van der Waals surface area (Å²) >= 11 is 0. The molecule has 0 N–H and O–H groups in total. The fourth-order valence-electron chi connectivity index (χ4n) is 4.87. The van der Waals surface area contributed by atoms with Crippen molar-refractivity contribution in [2.75, 3.05) is 39.9 Å². The molecule has 3 heterocycles. The average molecular weight is 361 g/mol. The van der Waals surface area contributed by atoms with Crippen LogP contribution in [0.3, 0.4) is 0 Å². The molecule has 0 bridgehead atoms. The highest BCUT2D eigenvalue weighted by Gasteiger charge is 2.46. The van der Waals surface area contributed by atoms with Gasteiger partial charge in [-0.15, -0.1) is 0 Å². The van der Waals surface area contributed by atoms with Gasteiger partial charge in [-0.25, -0.2) is 0 Å². The largest absolute Gasteiger partial charge is 0.383 e. The predicted molar refractivity (Wildman–Crippen MR) is 99.7 cm³/mol. The van der Waals surface area contributed by atoms with Crippen molar-refractivity contribution in [3.63, 3.8) is 0 Å². The van der Waals surface area contributed by atoms with Gasteiger partial charge in [0.1, 0.15) is 0 Å². The smallest absolute Gasteiger partial charge is 0.228 e. The third-order valence-electron chi connectivity index (χ3n) is 6.55. The number of amides is 1. The van der Waals surface area contributed by atoms with Gasteiger partial charge in [0.25, 0.3) is 0 Å². The molecule has 1 spiro atoms. The molecule has 4 rings (SSSR count). The molecule has 26 heavy (non-hydrogen) atoms. The molecule has 1 aromatic heterocycles. The molecule has 1 aromatic rings. The lowest BCUT2D eigenvalue weighted by Crippen LogP contribution is -2.45. The molecule has 3 fully saturated rings. The summed E-state index contributed by atoms with van der Waals surface area (Å²) in [6.45, 7) is 5.07. The van der Waals surface area contributed by atoms with Crippen LogP contribution in [0.4, 0.5) is 0 Å². The number of aryl methyl sites for hydroxylation is 1. The van der Waals surface area contributed by atoms with Gasteiger partial charge in [-0.2, -0.15) is 5.10 Å². The van der Waals surface area contributed by atoms with E-state index in [2.05, 4.69) is 14.9 Å². The number of nitrogens with zero attached hydrogens (tertiary/aromatic N) is 4. The molecular formula is C20H32N4O2. The van der Waals surface area contributed by atoms with Gasteiger partial charge >= 0.3 is 0 Å². The first-order valence-corrected chi connectivity index (χ1v) is 10.1. The number of aromatic nitrogens is 2. The Labute approximate surface area is 156 Å². The molecule has 2 aliphatic heterocycles. The van der Waals surface area contributed by atoms with E-state index in [1.54, 1.807) is 4.68 Å². The van der Waals surface area contributed by atoms with Crippen LogP contribution in [-0.2, 0) is 23.0 Å². The second-order valence-corrected chi connectivity index (χ2v) is 8.72. The van der Waals surface area contributed by atoms with Crippen LogP contribution in [0.5, 0.6) is 0 Å². The Morgan fingerprint density at radius 1 is 1.35 bits per heavy atom. The van der Waals surface area contributed by atoms with E-state index >= 15 is 0 Å². The first-order chi connectivity index (χ1) is 12.6. The maximum Gasteiger partial charge on any atom is 0.228 e. The molecule has 144 valence electrons. The number of ether oxygens (including phenoxy) is 1. The number of likely N-dealkylation sites (tertiary alicyclic amines) is 2. The van der Waals surface area contributed by atoms with Crippen molar-refractivity contribution in [1.29, 1.82) is 0 Å². The zero-order valence-electron chi connectivity index (χ0n) is 16.2. The molecule has 0 unspecified atom stereocenters. The quantitative estimate of drug-likeness (QED) is 0.775. The Bertz CT molecular complexity index is 632. The number of hydrogen-bond acceptors (Lipinski definition) is 4. The molecule has 2 saturated heterocycles. The van der Waals surface area contributed by atoms with E-state index < -0.39 is 0 Å². The van der Waals surface area contributed by atoms with Crippen LogP contribution in [0.2, 0.25) is 0 Å². The number of methoxy groups -OCH3 is 1. The van der Waals surface area contributed by atoms with E-state index in [4.69, 9.17) is 4.74 Å². The Hall–Kier alpha value is -1.40. The van der Waals surface area contributed by atoms with Crippen LogP contribution in [0.25, 0.3) is 0 Å². The lowest BCUT2D eigenvalue weighted by Gasteiger charge is -2.39. The van der Waals surface area contributed by atoms with Crippen LogP contribution in [0.1, 0.15) is 37.8 Å². The first kappa shape index (κ1) is 18.0. The highest BCUT2D eigenvalue weighted by molar-refractivity contribution is 5.78. The van der Waals surface area contributed by atoms with Gasteiger partial charge in [0.05, 0.1) is 18.7 Å². The minimum atomic E-state index is 0.222. The number of carbonyl (C=O) groups is 1. The van der Waals surface area contributed by atoms with Crippen LogP contribution in [0, 0.1) is 11.3 Å². The van der Waals surface area contributed by atoms with Gasteiger partial charge in [-0.1, -0.05) is 0 Å². The van der Waals surface area contributed by atoms with E-state index in [9.17, 15) is 4.79 Å². The molecule has 3 aliphatic rings. The van der Waals surface area contributed by atoms with E-state index in [0.717, 1.165) is 44.1 Å². The maximum absolute atomic E-state index is 12.6. The molecule has 1 aliphatic carbocycles. The SMILES string of the molecule is COC[C@@H]1CC2(CCN(C(=O)Cc3ccn(C)n3)CC2)CN1CC1CC1. The Kier molecular flexibility index (Phi) is 5.06. The van der Waals surface area contributed by atoms with E-state index in [0.29, 0.717) is 17.9 Å². The minimum Gasteiger partial charge on any atom is -0.383 e. The lowest BCUT2D eigenvalue weighted by molar-refractivity contribution is -0.132. The van der Waals surface area contributed by atoms with Crippen molar-refractivity contribution >= 4 is 5.91 Å². The standard InChI is InChI=1S/C20H32N4O2/c1-22-8-5-17(21-22)11-19(25)23-9-6-20(7-10-23)12-18(14-26-2)24(15-20)13-16-3-4-16/h5,8,16,18H,3-4,6-7,9-15H2,1-2H3/t18-/m0/s1. The highest BCUT2D eigenvalue weighted by atomic mass is 16.5. The van der Waals surface area contributed by atoms with Gasteiger partial charge in [0.2, 0.25) is 5.91 Å². The van der Waals surface area contributed by atoms with Crippen molar-refractivity contribution in [2.24, 2.45) is 18.4 Å². The van der Waals surface area contributed by atoms with Crippen molar-refractivity contribution in [3.8, 4) is 0 Å². The molecule has 1 saturated carbocycles. The maximum atomic E-state index is 12.6. The first-order valence-electron chi connectivity index (χ1n) is 10.1. The monoisotopic (exact) mass is 360 g/mol. The topological polar surface area (TPSA) is 50.6 Å². The molecular weight excluding hydrogens is 328 g/mol. The molecule has 0 aromatic carbocycles. The third-order valence-corrected chi connectivity index (χ3v) is 6.55. The summed E-state index contributed by atoms with van der Waals surface area (Å²) in [7, 11) is 3.71. The Balaban J connectivity index is 1.32. The third kappa shape index (κ3) is 3.96. The fraction of sp³-hybridized carbons (Fsp3) is 0.800. The minimum absolute atomic E-state index is 0.222. The lowest BCUT2D eigenvalue weighted by atomic mass is 9.76. The van der Waals surface area contributed by atoms with Crippen molar-refractivity contribution in [3.05, 3.63) is 18.0 Å². The molecule has 6 heteroatoms. The van der Waals surface area contributed by atoms with E-state index in [1.165, 1.54) is 32.4 Å². The van der Waals surface area contributed by atoms with Crippen molar-refractivity contribution in [1.82, 2.24) is 19.6 Å². The summed E-state index contributed by atoms with van der Waals surface area (Å²) in [5.41, 5.74) is 1.26. The number of carbonyl (C=O) groups excluding carboxylic acids is 1. The molecule has 1 amide bonds.